The molecule has 2 N–H and O–H groups in total. The molecule has 7 heteroatoms. The van der Waals surface area contributed by atoms with Gasteiger partial charge in [0.15, 0.2) is 0 Å². The minimum Gasteiger partial charge on any atom is -0.480 e. The smallest absolute Gasteiger partial charge is 0.326 e. The SMILES string of the molecule is CCN(CC)C(=O)C(C)NC(=O)N1CCCCC1C(=O)O. The molecule has 2 atom stereocenters. The first kappa shape index (κ1) is 17.3. The average Bonchev–Trinajstić information content (AvgIpc) is 2.48. The number of nitrogens with one attached hydrogen (secondary N) is 1. The van der Waals surface area contributed by atoms with Crippen LogP contribution in [0.3, 0.4) is 0 Å². The van der Waals surface area contributed by atoms with Crippen LogP contribution < -0.4 is 5.32 Å². The number of carboxylic acid groups (broad SMARTS) is 1. The Morgan fingerprint density at radius 2 is 1.90 bits per heavy atom. The molecule has 0 aromatic carbocycles. The van der Waals surface area contributed by atoms with Crippen molar-refractivity contribution in [1.82, 2.24) is 15.1 Å². The van der Waals surface area contributed by atoms with E-state index in [-0.39, 0.29) is 5.91 Å². The van der Waals surface area contributed by atoms with Crippen LogP contribution >= 0.6 is 0 Å². The zero-order chi connectivity index (χ0) is 16.0. The molecule has 2 unspecified atom stereocenters. The topological polar surface area (TPSA) is 90.0 Å². The second-order valence-corrected chi connectivity index (χ2v) is 5.22. The Morgan fingerprint density at radius 3 is 2.43 bits per heavy atom. The molecule has 0 aromatic rings. The Bertz CT molecular complexity index is 396. The molecule has 0 aliphatic carbocycles. The van der Waals surface area contributed by atoms with E-state index in [1.807, 2.05) is 13.8 Å². The number of carbonyl (C=O) groups is 3. The highest BCUT2D eigenvalue weighted by Gasteiger charge is 2.33. The van der Waals surface area contributed by atoms with Gasteiger partial charge in [-0.3, -0.25) is 4.79 Å². The van der Waals surface area contributed by atoms with Crippen LogP contribution in [-0.4, -0.2) is 64.5 Å². The van der Waals surface area contributed by atoms with Crippen LogP contribution in [0.15, 0.2) is 0 Å². The molecule has 1 saturated heterocycles. The van der Waals surface area contributed by atoms with E-state index in [4.69, 9.17) is 5.11 Å². The third-order valence-corrected chi connectivity index (χ3v) is 3.83. The van der Waals surface area contributed by atoms with Crippen molar-refractivity contribution in [2.24, 2.45) is 0 Å². The van der Waals surface area contributed by atoms with Gasteiger partial charge in [-0.1, -0.05) is 0 Å². The van der Waals surface area contributed by atoms with E-state index in [2.05, 4.69) is 5.32 Å². The molecular weight excluding hydrogens is 274 g/mol. The van der Waals surface area contributed by atoms with Gasteiger partial charge in [0.05, 0.1) is 0 Å². The summed E-state index contributed by atoms with van der Waals surface area (Å²) in [5.41, 5.74) is 0. The summed E-state index contributed by atoms with van der Waals surface area (Å²) in [6.45, 7) is 6.95. The van der Waals surface area contributed by atoms with Crippen molar-refractivity contribution < 1.29 is 19.5 Å². The number of rotatable bonds is 5. The Kier molecular flexibility index (Phi) is 6.45. The lowest BCUT2D eigenvalue weighted by molar-refractivity contribution is -0.143. The maximum absolute atomic E-state index is 12.2. The summed E-state index contributed by atoms with van der Waals surface area (Å²) in [6.07, 6.45) is 2.05. The highest BCUT2D eigenvalue weighted by Crippen LogP contribution is 2.17. The van der Waals surface area contributed by atoms with Gasteiger partial charge in [-0.2, -0.15) is 0 Å². The molecule has 1 aliphatic heterocycles. The predicted octanol–water partition coefficient (Wildman–Crippen LogP) is 0.892. The number of carboxylic acids is 1. The zero-order valence-electron chi connectivity index (χ0n) is 13.0. The van der Waals surface area contributed by atoms with Gasteiger partial charge < -0.3 is 20.2 Å². The molecule has 0 radical (unpaired) electrons. The van der Waals surface area contributed by atoms with Crippen LogP contribution in [0.5, 0.6) is 0 Å². The standard InChI is InChI=1S/C14H25N3O4/c1-4-16(5-2)12(18)10(3)15-14(21)17-9-7-6-8-11(17)13(19)20/h10-11H,4-9H2,1-3H3,(H,15,21)(H,19,20). The van der Waals surface area contributed by atoms with Crippen LogP contribution in [0.2, 0.25) is 0 Å². The number of likely N-dealkylation sites (N-methyl/N-ethyl adjacent to an activating group) is 1. The third kappa shape index (κ3) is 4.34. The van der Waals surface area contributed by atoms with Gasteiger partial charge in [0, 0.05) is 19.6 Å². The number of piperidine rings is 1. The summed E-state index contributed by atoms with van der Waals surface area (Å²) in [5, 5.41) is 11.8. The van der Waals surface area contributed by atoms with Crippen molar-refractivity contribution in [2.75, 3.05) is 19.6 Å². The van der Waals surface area contributed by atoms with Crippen LogP contribution in [0.25, 0.3) is 0 Å². The molecule has 0 saturated carbocycles. The summed E-state index contributed by atoms with van der Waals surface area (Å²) in [7, 11) is 0. The minimum absolute atomic E-state index is 0.155. The normalized spacial score (nSPS) is 19.8. The van der Waals surface area contributed by atoms with E-state index in [0.717, 1.165) is 12.8 Å². The number of amides is 3. The van der Waals surface area contributed by atoms with E-state index < -0.39 is 24.1 Å². The summed E-state index contributed by atoms with van der Waals surface area (Å²) in [5.74, 6) is -1.15. The van der Waals surface area contributed by atoms with Crippen molar-refractivity contribution in [3.8, 4) is 0 Å². The lowest BCUT2D eigenvalue weighted by Gasteiger charge is -2.34. The van der Waals surface area contributed by atoms with Gasteiger partial charge in [-0.15, -0.1) is 0 Å². The molecule has 1 aliphatic rings. The fourth-order valence-corrected chi connectivity index (χ4v) is 2.57. The predicted molar refractivity (Wildman–Crippen MR) is 77.9 cm³/mol. The lowest BCUT2D eigenvalue weighted by atomic mass is 10.0. The van der Waals surface area contributed by atoms with E-state index >= 15 is 0 Å². The van der Waals surface area contributed by atoms with Gasteiger partial charge >= 0.3 is 12.0 Å². The first-order chi connectivity index (χ1) is 9.92. The van der Waals surface area contributed by atoms with Crippen LogP contribution in [0.4, 0.5) is 4.79 Å². The summed E-state index contributed by atoms with van der Waals surface area (Å²) in [4.78, 5) is 38.5. The van der Waals surface area contributed by atoms with Gasteiger partial charge in [-0.25, -0.2) is 9.59 Å². The number of hydrogen-bond donors (Lipinski definition) is 2. The Morgan fingerprint density at radius 1 is 1.29 bits per heavy atom. The molecule has 7 nitrogen and oxygen atoms in total. The van der Waals surface area contributed by atoms with E-state index in [9.17, 15) is 14.4 Å². The third-order valence-electron chi connectivity index (χ3n) is 3.83. The van der Waals surface area contributed by atoms with Crippen molar-refractivity contribution in [3.05, 3.63) is 0 Å². The first-order valence-electron chi connectivity index (χ1n) is 7.51. The van der Waals surface area contributed by atoms with Gasteiger partial charge in [0.2, 0.25) is 5.91 Å². The van der Waals surface area contributed by atoms with Gasteiger partial charge in [-0.05, 0) is 40.0 Å². The number of aliphatic carboxylic acids is 1. The molecule has 0 spiro atoms. The molecule has 0 aromatic heterocycles. The zero-order valence-corrected chi connectivity index (χ0v) is 13.0. The molecule has 120 valence electrons. The van der Waals surface area contributed by atoms with Crippen LogP contribution in [0, 0.1) is 0 Å². The van der Waals surface area contributed by atoms with Crippen LogP contribution in [-0.2, 0) is 9.59 Å². The van der Waals surface area contributed by atoms with Crippen molar-refractivity contribution in [2.45, 2.75) is 52.1 Å². The first-order valence-corrected chi connectivity index (χ1v) is 7.51. The second-order valence-electron chi connectivity index (χ2n) is 5.22. The van der Waals surface area contributed by atoms with Gasteiger partial charge in [0.1, 0.15) is 12.1 Å². The molecule has 1 fully saturated rings. The number of nitrogens with zero attached hydrogens (tertiary/aromatic N) is 2. The Labute approximate surface area is 125 Å². The lowest BCUT2D eigenvalue weighted by Crippen LogP contribution is -2.56. The number of urea groups is 1. The summed E-state index contributed by atoms with van der Waals surface area (Å²) >= 11 is 0. The van der Waals surface area contributed by atoms with Crippen molar-refractivity contribution in [1.29, 1.82) is 0 Å². The number of carbonyl (C=O) groups excluding carboxylic acids is 2. The van der Waals surface area contributed by atoms with Gasteiger partial charge in [0.25, 0.3) is 0 Å². The van der Waals surface area contributed by atoms with E-state index in [1.165, 1.54) is 4.90 Å². The fraction of sp³-hybridized carbons (Fsp3) is 0.786. The Hall–Kier alpha value is -1.79. The number of hydrogen-bond acceptors (Lipinski definition) is 3. The maximum atomic E-state index is 12.2. The highest BCUT2D eigenvalue weighted by atomic mass is 16.4. The second kappa shape index (κ2) is 7.85. The van der Waals surface area contributed by atoms with Crippen molar-refractivity contribution in [3.63, 3.8) is 0 Å². The largest absolute Gasteiger partial charge is 0.480 e. The average molecular weight is 299 g/mol. The summed E-state index contributed by atoms with van der Waals surface area (Å²) in [6, 6.07) is -1.93. The molecular formula is C14H25N3O4. The van der Waals surface area contributed by atoms with E-state index in [0.29, 0.717) is 26.1 Å². The van der Waals surface area contributed by atoms with Crippen molar-refractivity contribution >= 4 is 17.9 Å². The monoisotopic (exact) mass is 299 g/mol. The minimum atomic E-state index is -0.993. The molecule has 21 heavy (non-hydrogen) atoms. The molecule has 0 bridgehead atoms. The maximum Gasteiger partial charge on any atom is 0.326 e. The quantitative estimate of drug-likeness (QED) is 0.789. The summed E-state index contributed by atoms with van der Waals surface area (Å²) < 4.78 is 0. The van der Waals surface area contributed by atoms with Crippen LogP contribution in [0.1, 0.15) is 40.0 Å². The Balaban J connectivity index is 2.66. The molecule has 1 rings (SSSR count). The molecule has 3 amide bonds. The highest BCUT2D eigenvalue weighted by molar-refractivity contribution is 5.88. The molecule has 1 heterocycles. The fourth-order valence-electron chi connectivity index (χ4n) is 2.57. The van der Waals surface area contributed by atoms with E-state index in [1.54, 1.807) is 11.8 Å². The number of likely N-dealkylation sites (tertiary alicyclic amines) is 1.